The maximum Gasteiger partial charge on any atom is 0.229 e. The first kappa shape index (κ1) is 15.7. The van der Waals surface area contributed by atoms with Crippen molar-refractivity contribution in [3.63, 3.8) is 0 Å². The fourth-order valence-electron chi connectivity index (χ4n) is 2.04. The topological polar surface area (TPSA) is 41.1 Å². The van der Waals surface area contributed by atoms with Crippen molar-refractivity contribution in [1.82, 2.24) is 5.32 Å². The molecule has 3 nitrogen and oxygen atoms in total. The molecule has 0 aromatic heterocycles. The van der Waals surface area contributed by atoms with Gasteiger partial charge < -0.3 is 10.6 Å². The number of benzene rings is 1. The summed E-state index contributed by atoms with van der Waals surface area (Å²) < 4.78 is 0. The van der Waals surface area contributed by atoms with Gasteiger partial charge in [-0.2, -0.15) is 0 Å². The number of anilines is 1. The molecule has 0 spiro atoms. The average molecular weight is 262 g/mol. The monoisotopic (exact) mass is 262 g/mol. The van der Waals surface area contributed by atoms with Crippen molar-refractivity contribution < 1.29 is 4.79 Å². The number of carbonyl (C=O) groups is 1. The van der Waals surface area contributed by atoms with Crippen molar-refractivity contribution in [3.05, 3.63) is 29.8 Å². The summed E-state index contributed by atoms with van der Waals surface area (Å²) in [5, 5.41) is 6.07. The summed E-state index contributed by atoms with van der Waals surface area (Å²) in [7, 11) is 1.88. The van der Waals surface area contributed by atoms with Crippen LogP contribution in [0.3, 0.4) is 0 Å². The smallest absolute Gasteiger partial charge is 0.229 e. The first-order valence-corrected chi connectivity index (χ1v) is 7.01. The van der Waals surface area contributed by atoms with Crippen molar-refractivity contribution in [2.24, 2.45) is 11.8 Å². The Balaban J connectivity index is 2.69. The third kappa shape index (κ3) is 4.67. The molecule has 1 aromatic rings. The van der Waals surface area contributed by atoms with E-state index in [1.165, 1.54) is 5.56 Å². The molecule has 1 unspecified atom stereocenters. The van der Waals surface area contributed by atoms with E-state index in [9.17, 15) is 4.79 Å². The lowest BCUT2D eigenvalue weighted by Gasteiger charge is -2.20. The van der Waals surface area contributed by atoms with Crippen LogP contribution in [0.5, 0.6) is 0 Å². The van der Waals surface area contributed by atoms with Crippen LogP contribution in [0.2, 0.25) is 0 Å². The van der Waals surface area contributed by atoms with Crippen LogP contribution in [0.15, 0.2) is 24.3 Å². The molecule has 2 N–H and O–H groups in total. The van der Waals surface area contributed by atoms with E-state index in [1.807, 2.05) is 19.2 Å². The zero-order valence-electron chi connectivity index (χ0n) is 12.7. The first-order chi connectivity index (χ1) is 8.95. The fraction of sp³-hybridized carbons (Fsp3) is 0.562. The third-order valence-electron chi connectivity index (χ3n) is 3.41. The minimum atomic E-state index is -0.00484. The number of hydrogen-bond donors (Lipinski definition) is 2. The van der Waals surface area contributed by atoms with Crippen molar-refractivity contribution >= 4 is 11.6 Å². The second-order valence-corrected chi connectivity index (χ2v) is 5.67. The van der Waals surface area contributed by atoms with E-state index in [0.717, 1.165) is 5.69 Å². The maximum atomic E-state index is 12.2. The molecule has 0 aliphatic heterocycles. The molecule has 0 radical (unpaired) electrons. The van der Waals surface area contributed by atoms with E-state index < -0.39 is 0 Å². The van der Waals surface area contributed by atoms with Crippen molar-refractivity contribution in [3.8, 4) is 0 Å². The molecule has 0 aliphatic rings. The summed E-state index contributed by atoms with van der Waals surface area (Å²) in [5.74, 6) is 0.913. The largest absolute Gasteiger partial charge is 0.326 e. The van der Waals surface area contributed by atoms with Crippen molar-refractivity contribution in [2.45, 2.75) is 33.6 Å². The minimum Gasteiger partial charge on any atom is -0.326 e. The highest BCUT2D eigenvalue weighted by Crippen LogP contribution is 2.18. The summed E-state index contributed by atoms with van der Waals surface area (Å²) in [4.78, 5) is 12.2. The second kappa shape index (κ2) is 7.29. The van der Waals surface area contributed by atoms with Gasteiger partial charge in [-0.25, -0.2) is 0 Å². The number of carbonyl (C=O) groups excluding carboxylic acids is 1. The fourth-order valence-corrected chi connectivity index (χ4v) is 2.04. The van der Waals surface area contributed by atoms with Crippen LogP contribution in [0.1, 0.15) is 39.2 Å². The molecule has 1 amide bonds. The van der Waals surface area contributed by atoms with Gasteiger partial charge in [0.25, 0.3) is 0 Å². The van der Waals surface area contributed by atoms with Gasteiger partial charge in [0.2, 0.25) is 5.91 Å². The molecule has 0 aliphatic carbocycles. The Hall–Kier alpha value is -1.35. The van der Waals surface area contributed by atoms with Crippen molar-refractivity contribution in [2.75, 3.05) is 18.9 Å². The molecule has 0 saturated carbocycles. The highest BCUT2D eigenvalue weighted by atomic mass is 16.1. The normalized spacial score (nSPS) is 12.8. The summed E-state index contributed by atoms with van der Waals surface area (Å²) in [6.07, 6.45) is 0. The minimum absolute atomic E-state index is 0.00484. The zero-order valence-corrected chi connectivity index (χ0v) is 12.7. The Kier molecular flexibility index (Phi) is 6.03. The molecule has 0 bridgehead atoms. The molecular formula is C16H26N2O. The first-order valence-electron chi connectivity index (χ1n) is 7.01. The Bertz CT molecular complexity index is 396. The number of hydrogen-bond acceptors (Lipinski definition) is 2. The van der Waals surface area contributed by atoms with Gasteiger partial charge in [-0.3, -0.25) is 4.79 Å². The molecule has 1 atom stereocenters. The zero-order chi connectivity index (χ0) is 14.4. The van der Waals surface area contributed by atoms with Crippen LogP contribution >= 0.6 is 0 Å². The summed E-state index contributed by atoms with van der Waals surface area (Å²) >= 11 is 0. The SMILES string of the molecule is CNCC(C(=O)Nc1ccc(C(C)C)cc1)C(C)C. The number of rotatable bonds is 6. The summed E-state index contributed by atoms with van der Waals surface area (Å²) in [6.45, 7) is 9.17. The lowest BCUT2D eigenvalue weighted by Crippen LogP contribution is -2.34. The van der Waals surface area contributed by atoms with E-state index in [1.54, 1.807) is 0 Å². The molecule has 0 heterocycles. The summed E-state index contributed by atoms with van der Waals surface area (Å²) in [6, 6.07) is 8.10. The summed E-state index contributed by atoms with van der Waals surface area (Å²) in [5.41, 5.74) is 2.16. The lowest BCUT2D eigenvalue weighted by atomic mass is 9.94. The predicted molar refractivity (Wildman–Crippen MR) is 81.4 cm³/mol. The van der Waals surface area contributed by atoms with Crippen LogP contribution in [0, 0.1) is 11.8 Å². The van der Waals surface area contributed by atoms with Gasteiger partial charge in [0.05, 0.1) is 5.92 Å². The van der Waals surface area contributed by atoms with E-state index in [-0.39, 0.29) is 11.8 Å². The van der Waals surface area contributed by atoms with E-state index in [4.69, 9.17) is 0 Å². The quantitative estimate of drug-likeness (QED) is 0.826. The molecule has 3 heteroatoms. The van der Waals surface area contributed by atoms with Crippen LogP contribution in [-0.2, 0) is 4.79 Å². The van der Waals surface area contributed by atoms with Crippen LogP contribution < -0.4 is 10.6 Å². The molecule has 1 rings (SSSR count). The Morgan fingerprint density at radius 3 is 2.11 bits per heavy atom. The maximum absolute atomic E-state index is 12.2. The number of amides is 1. The van der Waals surface area contributed by atoms with Crippen LogP contribution in [0.4, 0.5) is 5.69 Å². The van der Waals surface area contributed by atoms with Crippen LogP contribution in [-0.4, -0.2) is 19.5 Å². The molecule has 1 aromatic carbocycles. The van der Waals surface area contributed by atoms with E-state index >= 15 is 0 Å². The van der Waals surface area contributed by atoms with Gasteiger partial charge in [-0.05, 0) is 36.6 Å². The molecular weight excluding hydrogens is 236 g/mol. The predicted octanol–water partition coefficient (Wildman–Crippen LogP) is 3.24. The Morgan fingerprint density at radius 2 is 1.68 bits per heavy atom. The van der Waals surface area contributed by atoms with Gasteiger partial charge in [0.15, 0.2) is 0 Å². The Morgan fingerprint density at radius 1 is 1.11 bits per heavy atom. The molecule has 106 valence electrons. The van der Waals surface area contributed by atoms with Gasteiger partial charge in [0, 0.05) is 12.2 Å². The molecule has 0 fully saturated rings. The van der Waals surface area contributed by atoms with Crippen molar-refractivity contribution in [1.29, 1.82) is 0 Å². The van der Waals surface area contributed by atoms with E-state index in [0.29, 0.717) is 18.4 Å². The average Bonchev–Trinajstić information content (AvgIpc) is 2.36. The Labute approximate surface area is 116 Å². The standard InChI is InChI=1S/C16H26N2O/c1-11(2)13-6-8-14(9-7-13)18-16(19)15(10-17-5)12(3)4/h6-9,11-12,15,17H,10H2,1-5H3,(H,18,19). The van der Waals surface area contributed by atoms with Crippen LogP contribution in [0.25, 0.3) is 0 Å². The van der Waals surface area contributed by atoms with E-state index in [2.05, 4.69) is 50.5 Å². The van der Waals surface area contributed by atoms with Gasteiger partial charge >= 0.3 is 0 Å². The van der Waals surface area contributed by atoms with Gasteiger partial charge in [-0.1, -0.05) is 39.8 Å². The highest BCUT2D eigenvalue weighted by Gasteiger charge is 2.21. The molecule has 0 saturated heterocycles. The second-order valence-electron chi connectivity index (χ2n) is 5.67. The highest BCUT2D eigenvalue weighted by molar-refractivity contribution is 5.92. The number of nitrogens with one attached hydrogen (secondary N) is 2. The van der Waals surface area contributed by atoms with Gasteiger partial charge in [0.1, 0.15) is 0 Å². The third-order valence-corrected chi connectivity index (χ3v) is 3.41. The van der Waals surface area contributed by atoms with Gasteiger partial charge in [-0.15, -0.1) is 0 Å². The molecule has 19 heavy (non-hydrogen) atoms. The lowest BCUT2D eigenvalue weighted by molar-refractivity contribution is -0.120.